The molecule has 0 heterocycles. The molecular formula is C11H13FO2. The first-order valence-corrected chi connectivity index (χ1v) is 4.52. The number of ether oxygens (including phenoxy) is 1. The van der Waals surface area contributed by atoms with Crippen LogP contribution >= 0.6 is 0 Å². The topological polar surface area (TPSA) is 26.3 Å². The van der Waals surface area contributed by atoms with Crippen LogP contribution in [0.3, 0.4) is 0 Å². The van der Waals surface area contributed by atoms with Crippen molar-refractivity contribution in [2.45, 2.75) is 20.3 Å². The molecule has 0 saturated carbocycles. The van der Waals surface area contributed by atoms with Crippen molar-refractivity contribution in [1.29, 1.82) is 0 Å². The van der Waals surface area contributed by atoms with Gasteiger partial charge in [-0.05, 0) is 24.0 Å². The number of carbonyl (C=O) groups excluding carboxylic acids is 1. The van der Waals surface area contributed by atoms with Crippen LogP contribution in [0, 0.1) is 11.7 Å². The van der Waals surface area contributed by atoms with Crippen molar-refractivity contribution in [2.24, 2.45) is 5.92 Å². The maximum Gasteiger partial charge on any atom is 0.298 e. The Hall–Kier alpha value is -1.38. The Morgan fingerprint density at radius 1 is 1.50 bits per heavy atom. The summed E-state index contributed by atoms with van der Waals surface area (Å²) in [4.78, 5) is 10.0. The predicted octanol–water partition coefficient (Wildman–Crippen LogP) is 2.56. The second-order valence-electron chi connectivity index (χ2n) is 3.57. The van der Waals surface area contributed by atoms with Gasteiger partial charge in [0.05, 0.1) is 0 Å². The van der Waals surface area contributed by atoms with E-state index >= 15 is 0 Å². The molecule has 2 nitrogen and oxygen atoms in total. The maximum atomic E-state index is 13.3. The highest BCUT2D eigenvalue weighted by Gasteiger charge is 2.05. The van der Waals surface area contributed by atoms with Gasteiger partial charge in [0, 0.05) is 6.07 Å². The molecule has 0 radical (unpaired) electrons. The van der Waals surface area contributed by atoms with Gasteiger partial charge in [-0.3, -0.25) is 4.79 Å². The van der Waals surface area contributed by atoms with E-state index in [1.54, 1.807) is 12.1 Å². The smallest absolute Gasteiger partial charge is 0.298 e. The van der Waals surface area contributed by atoms with Gasteiger partial charge >= 0.3 is 0 Å². The molecule has 14 heavy (non-hydrogen) atoms. The Labute approximate surface area is 82.7 Å². The Morgan fingerprint density at radius 2 is 2.21 bits per heavy atom. The minimum absolute atomic E-state index is 0.241. The van der Waals surface area contributed by atoms with Crippen molar-refractivity contribution in [3.63, 3.8) is 0 Å². The van der Waals surface area contributed by atoms with E-state index in [2.05, 4.69) is 4.74 Å². The monoisotopic (exact) mass is 196 g/mol. The molecule has 0 atom stereocenters. The highest BCUT2D eigenvalue weighted by molar-refractivity contribution is 5.45. The van der Waals surface area contributed by atoms with Crippen molar-refractivity contribution >= 4 is 6.47 Å². The van der Waals surface area contributed by atoms with Crippen LogP contribution in [0.15, 0.2) is 18.2 Å². The number of benzene rings is 1. The second-order valence-corrected chi connectivity index (χ2v) is 3.57. The Bertz CT molecular complexity index is 321. The Kier molecular flexibility index (Phi) is 3.63. The van der Waals surface area contributed by atoms with Gasteiger partial charge in [-0.1, -0.05) is 19.9 Å². The summed E-state index contributed by atoms with van der Waals surface area (Å²) in [7, 11) is 0. The van der Waals surface area contributed by atoms with Crippen molar-refractivity contribution < 1.29 is 13.9 Å². The summed E-state index contributed by atoms with van der Waals surface area (Å²) in [5.74, 6) is 0.324. The summed E-state index contributed by atoms with van der Waals surface area (Å²) in [6, 6.07) is 4.47. The van der Waals surface area contributed by atoms with Gasteiger partial charge in [0.2, 0.25) is 0 Å². The molecule has 0 aliphatic heterocycles. The highest BCUT2D eigenvalue weighted by Crippen LogP contribution is 2.18. The molecule has 0 spiro atoms. The van der Waals surface area contributed by atoms with Crippen molar-refractivity contribution in [1.82, 2.24) is 0 Å². The molecule has 1 rings (SSSR count). The van der Waals surface area contributed by atoms with Gasteiger partial charge in [0.1, 0.15) is 11.6 Å². The van der Waals surface area contributed by atoms with E-state index in [0.29, 0.717) is 17.9 Å². The standard InChI is InChI=1S/C11H13FO2/c1-8(2)5-9-3-4-10(14-7-13)6-11(9)12/h3-4,6-8H,5H2,1-2H3. The van der Waals surface area contributed by atoms with Gasteiger partial charge in [0.15, 0.2) is 0 Å². The van der Waals surface area contributed by atoms with Gasteiger partial charge in [0.25, 0.3) is 6.47 Å². The van der Waals surface area contributed by atoms with E-state index in [4.69, 9.17) is 0 Å². The van der Waals surface area contributed by atoms with Crippen LogP contribution in [0.2, 0.25) is 0 Å². The van der Waals surface area contributed by atoms with Gasteiger partial charge in [-0.25, -0.2) is 4.39 Å². The van der Waals surface area contributed by atoms with Gasteiger partial charge in [-0.15, -0.1) is 0 Å². The summed E-state index contributed by atoms with van der Waals surface area (Å²) in [6.07, 6.45) is 0.688. The third-order valence-corrected chi connectivity index (χ3v) is 1.84. The molecule has 0 aliphatic rings. The summed E-state index contributed by atoms with van der Waals surface area (Å²) in [6.45, 7) is 4.33. The minimum Gasteiger partial charge on any atom is -0.429 e. The Morgan fingerprint density at radius 3 is 2.71 bits per heavy atom. The molecule has 0 aliphatic carbocycles. The molecule has 0 saturated heterocycles. The normalized spacial score (nSPS) is 10.3. The van der Waals surface area contributed by atoms with Crippen LogP contribution < -0.4 is 4.74 Å². The zero-order valence-electron chi connectivity index (χ0n) is 8.29. The summed E-state index contributed by atoms with van der Waals surface area (Å²) in [5, 5.41) is 0. The fraction of sp³-hybridized carbons (Fsp3) is 0.364. The average molecular weight is 196 g/mol. The van der Waals surface area contributed by atoms with Crippen LogP contribution in [0.1, 0.15) is 19.4 Å². The van der Waals surface area contributed by atoms with Crippen LogP contribution in [0.5, 0.6) is 5.75 Å². The van der Waals surface area contributed by atoms with Gasteiger partial charge in [-0.2, -0.15) is 0 Å². The van der Waals surface area contributed by atoms with E-state index in [-0.39, 0.29) is 18.0 Å². The lowest BCUT2D eigenvalue weighted by Gasteiger charge is -2.07. The summed E-state index contributed by atoms with van der Waals surface area (Å²) >= 11 is 0. The minimum atomic E-state index is -0.321. The van der Waals surface area contributed by atoms with E-state index < -0.39 is 0 Å². The third kappa shape index (κ3) is 2.83. The number of hydrogen-bond donors (Lipinski definition) is 0. The van der Waals surface area contributed by atoms with Crippen LogP contribution in [0.25, 0.3) is 0 Å². The lowest BCUT2D eigenvalue weighted by molar-refractivity contribution is -0.120. The predicted molar refractivity (Wildman–Crippen MR) is 51.6 cm³/mol. The quantitative estimate of drug-likeness (QED) is 0.692. The first kappa shape index (κ1) is 10.7. The third-order valence-electron chi connectivity index (χ3n) is 1.84. The lowest BCUT2D eigenvalue weighted by Crippen LogP contribution is -1.98. The molecule has 76 valence electrons. The molecular weight excluding hydrogens is 183 g/mol. The zero-order valence-corrected chi connectivity index (χ0v) is 8.29. The second kappa shape index (κ2) is 4.74. The van der Waals surface area contributed by atoms with Gasteiger partial charge < -0.3 is 4.74 Å². The van der Waals surface area contributed by atoms with Crippen LogP contribution in [-0.2, 0) is 11.2 Å². The molecule has 0 N–H and O–H groups in total. The average Bonchev–Trinajstić information content (AvgIpc) is 2.10. The zero-order chi connectivity index (χ0) is 10.6. The number of halogens is 1. The van der Waals surface area contributed by atoms with Crippen LogP contribution in [0.4, 0.5) is 4.39 Å². The largest absolute Gasteiger partial charge is 0.429 e. The summed E-state index contributed by atoms with van der Waals surface area (Å²) in [5.41, 5.74) is 0.651. The molecule has 1 aromatic carbocycles. The first-order valence-electron chi connectivity index (χ1n) is 4.52. The molecule has 0 unspecified atom stereocenters. The maximum absolute atomic E-state index is 13.3. The molecule has 0 amide bonds. The molecule has 3 heteroatoms. The lowest BCUT2D eigenvalue weighted by atomic mass is 10.0. The Balaban J connectivity index is 2.83. The van der Waals surface area contributed by atoms with E-state index in [1.807, 2.05) is 13.8 Å². The molecule has 1 aromatic rings. The van der Waals surface area contributed by atoms with E-state index in [1.165, 1.54) is 6.07 Å². The SMILES string of the molecule is CC(C)Cc1ccc(OC=O)cc1F. The molecule has 0 fully saturated rings. The van der Waals surface area contributed by atoms with E-state index in [9.17, 15) is 9.18 Å². The van der Waals surface area contributed by atoms with Crippen LogP contribution in [-0.4, -0.2) is 6.47 Å². The number of carbonyl (C=O) groups is 1. The number of hydrogen-bond acceptors (Lipinski definition) is 2. The molecule has 0 bridgehead atoms. The van der Waals surface area contributed by atoms with Crippen molar-refractivity contribution in [2.75, 3.05) is 0 Å². The van der Waals surface area contributed by atoms with Crippen molar-refractivity contribution in [3.8, 4) is 5.75 Å². The number of rotatable bonds is 4. The first-order chi connectivity index (χ1) is 6.63. The fourth-order valence-electron chi connectivity index (χ4n) is 1.26. The van der Waals surface area contributed by atoms with Crippen molar-refractivity contribution in [3.05, 3.63) is 29.6 Å². The fourth-order valence-corrected chi connectivity index (χ4v) is 1.26. The highest BCUT2D eigenvalue weighted by atomic mass is 19.1. The molecule has 0 aromatic heterocycles. The summed E-state index contributed by atoms with van der Waals surface area (Å²) < 4.78 is 17.9. The van der Waals surface area contributed by atoms with E-state index in [0.717, 1.165) is 0 Å².